The third-order valence-corrected chi connectivity index (χ3v) is 4.25. The van der Waals surface area contributed by atoms with Gasteiger partial charge in [-0.05, 0) is 48.7 Å². The number of esters is 1. The van der Waals surface area contributed by atoms with Gasteiger partial charge in [-0.3, -0.25) is 14.4 Å². The van der Waals surface area contributed by atoms with E-state index in [1.54, 1.807) is 36.4 Å². The molecule has 154 valence electrons. The summed E-state index contributed by atoms with van der Waals surface area (Å²) in [7, 11) is 1.50. The van der Waals surface area contributed by atoms with Gasteiger partial charge in [-0.15, -0.1) is 0 Å². The van der Waals surface area contributed by atoms with E-state index in [0.29, 0.717) is 22.9 Å². The molecule has 1 atom stereocenters. The Balaban J connectivity index is 1.81. The highest BCUT2D eigenvalue weighted by molar-refractivity contribution is 5.97. The van der Waals surface area contributed by atoms with Crippen LogP contribution >= 0.6 is 0 Å². The van der Waals surface area contributed by atoms with Gasteiger partial charge in [0, 0.05) is 11.3 Å². The van der Waals surface area contributed by atoms with Crippen LogP contribution in [0.15, 0.2) is 48.5 Å². The summed E-state index contributed by atoms with van der Waals surface area (Å²) in [4.78, 5) is 36.3. The van der Waals surface area contributed by atoms with E-state index < -0.39 is 23.9 Å². The highest BCUT2D eigenvalue weighted by atomic mass is 16.5. The molecule has 0 spiro atoms. The van der Waals surface area contributed by atoms with Gasteiger partial charge in [0.1, 0.15) is 12.3 Å². The molecule has 0 unspecified atom stereocenters. The zero-order valence-electron chi connectivity index (χ0n) is 17.0. The molecule has 29 heavy (non-hydrogen) atoms. The van der Waals surface area contributed by atoms with Gasteiger partial charge in [0.05, 0.1) is 7.11 Å². The summed E-state index contributed by atoms with van der Waals surface area (Å²) in [5.74, 6) is -0.671. The first-order valence-corrected chi connectivity index (χ1v) is 9.32. The summed E-state index contributed by atoms with van der Waals surface area (Å²) in [6, 6.07) is 14.0. The van der Waals surface area contributed by atoms with E-state index >= 15 is 0 Å². The zero-order valence-corrected chi connectivity index (χ0v) is 17.0. The minimum Gasteiger partial charge on any atom is -0.497 e. The van der Waals surface area contributed by atoms with E-state index in [-0.39, 0.29) is 6.54 Å². The van der Waals surface area contributed by atoms with E-state index in [2.05, 4.69) is 24.5 Å². The lowest BCUT2D eigenvalue weighted by Crippen LogP contribution is -2.35. The Hall–Kier alpha value is -3.35. The van der Waals surface area contributed by atoms with Gasteiger partial charge >= 0.3 is 5.97 Å². The van der Waals surface area contributed by atoms with Crippen molar-refractivity contribution in [1.29, 1.82) is 0 Å². The van der Waals surface area contributed by atoms with Crippen LogP contribution < -0.4 is 15.4 Å². The molecule has 2 N–H and O–H groups in total. The van der Waals surface area contributed by atoms with Crippen LogP contribution in [0.4, 0.5) is 5.69 Å². The van der Waals surface area contributed by atoms with E-state index in [4.69, 9.17) is 9.47 Å². The molecule has 0 bridgehead atoms. The molecule has 0 aromatic heterocycles. The normalized spacial score (nSPS) is 11.5. The molecule has 0 saturated carbocycles. The van der Waals surface area contributed by atoms with Crippen molar-refractivity contribution in [3.05, 3.63) is 59.7 Å². The number of hydrogen-bond acceptors (Lipinski definition) is 5. The number of nitrogens with one attached hydrogen (secondary N) is 2. The first-order valence-electron chi connectivity index (χ1n) is 9.32. The van der Waals surface area contributed by atoms with Crippen molar-refractivity contribution in [3.8, 4) is 5.75 Å². The standard InChI is InChI=1S/C22H26N2O5/c1-14(2)16-8-10-18(11-9-16)24-21(26)15(3)29-20(25)13-23-22(27)17-6-5-7-19(12-17)28-4/h5-12,14-15H,13H2,1-4H3,(H,23,27)(H,24,26)/t15-/m1/s1. The van der Waals surface area contributed by atoms with Crippen molar-refractivity contribution >= 4 is 23.5 Å². The Morgan fingerprint density at radius 1 is 1.00 bits per heavy atom. The molecule has 7 nitrogen and oxygen atoms in total. The average Bonchev–Trinajstić information content (AvgIpc) is 2.72. The van der Waals surface area contributed by atoms with E-state index in [1.807, 2.05) is 12.1 Å². The molecule has 0 saturated heterocycles. The molecule has 0 aliphatic heterocycles. The van der Waals surface area contributed by atoms with Crippen LogP contribution in [-0.2, 0) is 14.3 Å². The Morgan fingerprint density at radius 3 is 2.31 bits per heavy atom. The quantitative estimate of drug-likeness (QED) is 0.667. The van der Waals surface area contributed by atoms with Gasteiger partial charge in [0.2, 0.25) is 0 Å². The fourth-order valence-corrected chi connectivity index (χ4v) is 2.51. The van der Waals surface area contributed by atoms with E-state index in [1.165, 1.54) is 14.0 Å². The Kier molecular flexibility index (Phi) is 7.77. The minimum absolute atomic E-state index is 0.350. The summed E-state index contributed by atoms with van der Waals surface area (Å²) in [5, 5.41) is 5.16. The number of anilines is 1. The van der Waals surface area contributed by atoms with Crippen LogP contribution in [0.25, 0.3) is 0 Å². The van der Waals surface area contributed by atoms with E-state index in [0.717, 1.165) is 5.56 Å². The van der Waals surface area contributed by atoms with Crippen molar-refractivity contribution in [2.75, 3.05) is 19.0 Å². The van der Waals surface area contributed by atoms with E-state index in [9.17, 15) is 14.4 Å². The molecule has 2 aromatic rings. The second-order valence-electron chi connectivity index (χ2n) is 6.81. The third-order valence-electron chi connectivity index (χ3n) is 4.25. The SMILES string of the molecule is COc1cccc(C(=O)NCC(=O)O[C@H](C)C(=O)Nc2ccc(C(C)C)cc2)c1. The van der Waals surface area contributed by atoms with Crippen LogP contribution in [0, 0.1) is 0 Å². The lowest BCUT2D eigenvalue weighted by atomic mass is 10.0. The van der Waals surface area contributed by atoms with Gasteiger partial charge in [-0.2, -0.15) is 0 Å². The Bertz CT molecular complexity index is 862. The monoisotopic (exact) mass is 398 g/mol. The average molecular weight is 398 g/mol. The minimum atomic E-state index is -0.999. The first-order chi connectivity index (χ1) is 13.8. The van der Waals surface area contributed by atoms with Crippen molar-refractivity contribution in [2.24, 2.45) is 0 Å². The molecule has 2 amide bonds. The summed E-state index contributed by atoms with van der Waals surface area (Å²) in [6.45, 7) is 5.29. The topological polar surface area (TPSA) is 93.7 Å². The zero-order chi connectivity index (χ0) is 21.4. The first kappa shape index (κ1) is 21.9. The van der Waals surface area contributed by atoms with Crippen molar-refractivity contribution in [2.45, 2.75) is 32.8 Å². The largest absolute Gasteiger partial charge is 0.497 e. The maximum atomic E-state index is 12.2. The summed E-state index contributed by atoms with van der Waals surface area (Å²) in [6.07, 6.45) is -0.999. The van der Waals surface area contributed by atoms with Crippen molar-refractivity contribution in [1.82, 2.24) is 5.32 Å². The van der Waals surface area contributed by atoms with Crippen molar-refractivity contribution < 1.29 is 23.9 Å². The van der Waals surface area contributed by atoms with Crippen molar-refractivity contribution in [3.63, 3.8) is 0 Å². The van der Waals surface area contributed by atoms with Gasteiger partial charge in [-0.25, -0.2) is 0 Å². The predicted octanol–water partition coefficient (Wildman–Crippen LogP) is 3.12. The second-order valence-corrected chi connectivity index (χ2v) is 6.81. The van der Waals surface area contributed by atoms with Crippen LogP contribution in [0.5, 0.6) is 5.75 Å². The van der Waals surface area contributed by atoms with Gasteiger partial charge in [0.25, 0.3) is 11.8 Å². The highest BCUT2D eigenvalue weighted by Crippen LogP contribution is 2.17. The smallest absolute Gasteiger partial charge is 0.326 e. The highest BCUT2D eigenvalue weighted by Gasteiger charge is 2.19. The summed E-state index contributed by atoms with van der Waals surface area (Å²) in [5.41, 5.74) is 2.13. The van der Waals surface area contributed by atoms with Crippen LogP contribution in [-0.4, -0.2) is 37.5 Å². The molecule has 0 heterocycles. The van der Waals surface area contributed by atoms with Crippen LogP contribution in [0.1, 0.15) is 42.6 Å². The molecule has 2 rings (SSSR count). The fourth-order valence-electron chi connectivity index (χ4n) is 2.51. The molecule has 0 aliphatic rings. The second kappa shape index (κ2) is 10.3. The van der Waals surface area contributed by atoms with Crippen LogP contribution in [0.3, 0.4) is 0 Å². The van der Waals surface area contributed by atoms with Gasteiger partial charge in [-0.1, -0.05) is 32.0 Å². The lowest BCUT2D eigenvalue weighted by Gasteiger charge is -2.14. The number of benzene rings is 2. The number of ether oxygens (including phenoxy) is 2. The maximum Gasteiger partial charge on any atom is 0.326 e. The molecule has 2 aromatic carbocycles. The molecular formula is C22H26N2O5. The summed E-state index contributed by atoms with van der Waals surface area (Å²) >= 11 is 0. The number of carbonyl (C=O) groups is 3. The fraction of sp³-hybridized carbons (Fsp3) is 0.318. The third kappa shape index (κ3) is 6.64. The number of amides is 2. The Morgan fingerprint density at radius 2 is 1.69 bits per heavy atom. The van der Waals surface area contributed by atoms with Crippen LogP contribution in [0.2, 0.25) is 0 Å². The number of rotatable bonds is 8. The number of hydrogen-bond donors (Lipinski definition) is 2. The number of carbonyl (C=O) groups excluding carboxylic acids is 3. The molecule has 0 fully saturated rings. The molecular weight excluding hydrogens is 372 g/mol. The van der Waals surface area contributed by atoms with Gasteiger partial charge < -0.3 is 20.1 Å². The molecule has 0 radical (unpaired) electrons. The Labute approximate surface area is 170 Å². The lowest BCUT2D eigenvalue weighted by molar-refractivity contribution is -0.152. The molecule has 0 aliphatic carbocycles. The van der Waals surface area contributed by atoms with Gasteiger partial charge in [0.15, 0.2) is 6.10 Å². The predicted molar refractivity (Wildman–Crippen MR) is 110 cm³/mol. The summed E-state index contributed by atoms with van der Waals surface area (Å²) < 4.78 is 10.1. The number of methoxy groups -OCH3 is 1. The molecule has 7 heteroatoms. The maximum absolute atomic E-state index is 12.2.